The van der Waals surface area contributed by atoms with Crippen molar-refractivity contribution in [2.24, 2.45) is 5.73 Å². The first-order valence-corrected chi connectivity index (χ1v) is 7.79. The third-order valence-electron chi connectivity index (χ3n) is 2.74. The van der Waals surface area contributed by atoms with E-state index < -0.39 is 10.0 Å². The van der Waals surface area contributed by atoms with Crippen molar-refractivity contribution >= 4 is 10.0 Å². The van der Waals surface area contributed by atoms with Crippen molar-refractivity contribution in [3.05, 3.63) is 29.8 Å². The summed E-state index contributed by atoms with van der Waals surface area (Å²) < 4.78 is 26.4. The summed E-state index contributed by atoms with van der Waals surface area (Å²) >= 11 is 0. The van der Waals surface area contributed by atoms with Crippen molar-refractivity contribution < 1.29 is 8.42 Å². The molecule has 4 nitrogen and oxygen atoms in total. The smallest absolute Gasteiger partial charge is 0.243 e. The van der Waals surface area contributed by atoms with E-state index in [9.17, 15) is 8.42 Å². The fourth-order valence-electron chi connectivity index (χ4n) is 1.80. The molecule has 1 aromatic rings. The molecule has 0 atom stereocenters. The van der Waals surface area contributed by atoms with E-state index in [-0.39, 0.29) is 0 Å². The number of benzene rings is 1. The van der Waals surface area contributed by atoms with Crippen molar-refractivity contribution in [1.29, 1.82) is 0 Å². The van der Waals surface area contributed by atoms with Gasteiger partial charge in [0.25, 0.3) is 0 Å². The van der Waals surface area contributed by atoms with E-state index >= 15 is 0 Å². The zero-order valence-corrected chi connectivity index (χ0v) is 11.9. The number of nitrogens with zero attached hydrogens (tertiary/aromatic N) is 1. The third-order valence-corrected chi connectivity index (χ3v) is 4.66. The van der Waals surface area contributed by atoms with Crippen LogP contribution in [-0.2, 0) is 16.6 Å². The van der Waals surface area contributed by atoms with Gasteiger partial charge in [-0.2, -0.15) is 4.31 Å². The quantitative estimate of drug-likeness (QED) is 0.823. The molecule has 0 heterocycles. The molecule has 18 heavy (non-hydrogen) atoms. The Hall–Kier alpha value is -0.910. The summed E-state index contributed by atoms with van der Waals surface area (Å²) in [6.07, 6.45) is 1.64. The Balaban J connectivity index is 3.01. The molecule has 0 bridgehead atoms. The zero-order chi connectivity index (χ0) is 13.6. The molecule has 0 amide bonds. The van der Waals surface area contributed by atoms with Crippen molar-refractivity contribution in [2.45, 2.75) is 38.1 Å². The number of hydrogen-bond donors (Lipinski definition) is 1. The average molecular weight is 270 g/mol. The second-order valence-corrected chi connectivity index (χ2v) is 6.19. The van der Waals surface area contributed by atoms with Gasteiger partial charge in [-0.3, -0.25) is 0 Å². The molecular formula is C13H22N2O2S. The summed E-state index contributed by atoms with van der Waals surface area (Å²) in [6.45, 7) is 5.52. The summed E-state index contributed by atoms with van der Waals surface area (Å²) in [6, 6.07) is 6.80. The second-order valence-electron chi connectivity index (χ2n) is 4.25. The van der Waals surface area contributed by atoms with Gasteiger partial charge in [0.05, 0.1) is 4.90 Å². The first-order valence-electron chi connectivity index (χ1n) is 6.35. The Morgan fingerprint density at radius 2 is 1.56 bits per heavy atom. The van der Waals surface area contributed by atoms with Gasteiger partial charge in [0.2, 0.25) is 10.0 Å². The normalized spacial score (nSPS) is 12.0. The standard InChI is InChI=1S/C13H22N2O2S/c1-3-9-15(10-4-2)18(16,17)13-7-5-12(11-14)6-8-13/h5-8H,3-4,9-11,14H2,1-2H3. The van der Waals surface area contributed by atoms with Gasteiger partial charge in [0, 0.05) is 19.6 Å². The van der Waals surface area contributed by atoms with Gasteiger partial charge < -0.3 is 5.73 Å². The van der Waals surface area contributed by atoms with E-state index in [1.54, 1.807) is 28.6 Å². The first kappa shape index (κ1) is 15.1. The lowest BCUT2D eigenvalue weighted by atomic mass is 10.2. The molecule has 0 saturated carbocycles. The topological polar surface area (TPSA) is 63.4 Å². The summed E-state index contributed by atoms with van der Waals surface area (Å²) in [7, 11) is -3.36. The van der Waals surface area contributed by atoms with Gasteiger partial charge in [0.15, 0.2) is 0 Å². The number of rotatable bonds is 7. The number of sulfonamides is 1. The van der Waals surface area contributed by atoms with Crippen LogP contribution in [0.4, 0.5) is 0 Å². The Morgan fingerprint density at radius 3 is 1.94 bits per heavy atom. The van der Waals surface area contributed by atoms with Crippen molar-refractivity contribution in [1.82, 2.24) is 4.31 Å². The number of hydrogen-bond acceptors (Lipinski definition) is 3. The maximum atomic E-state index is 12.4. The molecule has 1 rings (SSSR count). The van der Waals surface area contributed by atoms with Crippen LogP contribution in [0, 0.1) is 0 Å². The Kier molecular flexibility index (Phi) is 5.78. The molecule has 0 spiro atoms. The lowest BCUT2D eigenvalue weighted by molar-refractivity contribution is 0.410. The van der Waals surface area contributed by atoms with E-state index in [0.29, 0.717) is 24.5 Å². The molecular weight excluding hydrogens is 248 g/mol. The van der Waals surface area contributed by atoms with Gasteiger partial charge in [-0.25, -0.2) is 8.42 Å². The van der Waals surface area contributed by atoms with Crippen LogP contribution in [0.5, 0.6) is 0 Å². The molecule has 0 saturated heterocycles. The third kappa shape index (κ3) is 3.54. The van der Waals surface area contributed by atoms with Crippen molar-refractivity contribution in [3.8, 4) is 0 Å². The molecule has 0 aliphatic carbocycles. The molecule has 0 aromatic heterocycles. The molecule has 0 aliphatic heterocycles. The Morgan fingerprint density at radius 1 is 1.06 bits per heavy atom. The largest absolute Gasteiger partial charge is 0.326 e. The van der Waals surface area contributed by atoms with Crippen LogP contribution in [0.25, 0.3) is 0 Å². The van der Waals surface area contributed by atoms with Crippen LogP contribution in [0.1, 0.15) is 32.3 Å². The highest BCUT2D eigenvalue weighted by Crippen LogP contribution is 2.17. The van der Waals surface area contributed by atoms with E-state index in [1.807, 2.05) is 13.8 Å². The monoisotopic (exact) mass is 270 g/mol. The molecule has 2 N–H and O–H groups in total. The highest BCUT2D eigenvalue weighted by Gasteiger charge is 2.22. The van der Waals surface area contributed by atoms with Crippen molar-refractivity contribution in [2.75, 3.05) is 13.1 Å². The SMILES string of the molecule is CCCN(CCC)S(=O)(=O)c1ccc(CN)cc1. The fraction of sp³-hybridized carbons (Fsp3) is 0.538. The van der Waals surface area contributed by atoms with Crippen molar-refractivity contribution in [3.63, 3.8) is 0 Å². The maximum Gasteiger partial charge on any atom is 0.243 e. The predicted molar refractivity (Wildman–Crippen MR) is 73.7 cm³/mol. The molecule has 5 heteroatoms. The van der Waals surface area contributed by atoms with Gasteiger partial charge in [-0.15, -0.1) is 0 Å². The lowest BCUT2D eigenvalue weighted by Gasteiger charge is -2.21. The molecule has 1 aromatic carbocycles. The van der Waals surface area contributed by atoms with Crippen LogP contribution in [0.15, 0.2) is 29.2 Å². The molecule has 0 aliphatic rings. The fourth-order valence-corrected chi connectivity index (χ4v) is 3.42. The van der Waals surface area contributed by atoms with E-state index in [1.165, 1.54) is 0 Å². The van der Waals surface area contributed by atoms with Crippen LogP contribution in [0.3, 0.4) is 0 Å². The second kappa shape index (κ2) is 6.87. The van der Waals surface area contributed by atoms with Crippen LogP contribution in [-0.4, -0.2) is 25.8 Å². The summed E-state index contributed by atoms with van der Waals surface area (Å²) in [5, 5.41) is 0. The predicted octanol–water partition coefficient (Wildman–Crippen LogP) is 1.96. The first-order chi connectivity index (χ1) is 8.56. The minimum Gasteiger partial charge on any atom is -0.326 e. The molecule has 102 valence electrons. The Labute approximate surface area is 110 Å². The zero-order valence-electron chi connectivity index (χ0n) is 11.1. The molecule has 0 unspecified atom stereocenters. The van der Waals surface area contributed by atoms with Gasteiger partial charge in [-0.1, -0.05) is 26.0 Å². The van der Waals surface area contributed by atoms with Crippen LogP contribution < -0.4 is 5.73 Å². The number of nitrogens with two attached hydrogens (primary N) is 1. The minimum atomic E-state index is -3.36. The van der Waals surface area contributed by atoms with E-state index in [4.69, 9.17) is 5.73 Å². The van der Waals surface area contributed by atoms with E-state index in [0.717, 1.165) is 18.4 Å². The molecule has 0 radical (unpaired) electrons. The summed E-state index contributed by atoms with van der Waals surface area (Å²) in [5.74, 6) is 0. The Bertz CT molecular complexity index is 448. The van der Waals surface area contributed by atoms with Gasteiger partial charge in [0.1, 0.15) is 0 Å². The highest BCUT2D eigenvalue weighted by atomic mass is 32.2. The van der Waals surface area contributed by atoms with Gasteiger partial charge in [-0.05, 0) is 30.5 Å². The lowest BCUT2D eigenvalue weighted by Crippen LogP contribution is -2.32. The minimum absolute atomic E-state index is 0.349. The van der Waals surface area contributed by atoms with Crippen LogP contribution in [0.2, 0.25) is 0 Å². The van der Waals surface area contributed by atoms with E-state index in [2.05, 4.69) is 0 Å². The van der Waals surface area contributed by atoms with Crippen LogP contribution >= 0.6 is 0 Å². The highest BCUT2D eigenvalue weighted by molar-refractivity contribution is 7.89. The average Bonchev–Trinajstić information content (AvgIpc) is 2.38. The van der Waals surface area contributed by atoms with Gasteiger partial charge >= 0.3 is 0 Å². The maximum absolute atomic E-state index is 12.4. The molecule has 0 fully saturated rings. The summed E-state index contributed by atoms with van der Waals surface area (Å²) in [5.41, 5.74) is 6.44. The summed E-state index contributed by atoms with van der Waals surface area (Å²) in [4.78, 5) is 0.349.